The van der Waals surface area contributed by atoms with Gasteiger partial charge in [-0.15, -0.1) is 0 Å². The lowest BCUT2D eigenvalue weighted by atomic mass is 9.92. The molecule has 0 spiro atoms. The number of anilines is 1. The van der Waals surface area contributed by atoms with E-state index in [1.165, 1.54) is 6.20 Å². The van der Waals surface area contributed by atoms with Crippen molar-refractivity contribution in [3.8, 4) is 6.07 Å². The number of furan rings is 1. The van der Waals surface area contributed by atoms with E-state index in [0.717, 1.165) is 0 Å². The van der Waals surface area contributed by atoms with Crippen LogP contribution < -0.4 is 5.32 Å². The topological polar surface area (TPSA) is 91.8 Å². The molecule has 2 heterocycles. The van der Waals surface area contributed by atoms with Gasteiger partial charge in [-0.05, 0) is 26.0 Å². The Morgan fingerprint density at radius 1 is 1.32 bits per heavy atom. The Morgan fingerprint density at radius 2 is 2.00 bits per heavy atom. The lowest BCUT2D eigenvalue weighted by Crippen LogP contribution is -2.09. The van der Waals surface area contributed by atoms with E-state index in [9.17, 15) is 10.1 Å². The third kappa shape index (κ3) is 4.46. The number of allylic oxidation sites excluding steroid dienone is 1. The number of carbonyl (C=O) groups is 1. The van der Waals surface area contributed by atoms with Crippen LogP contribution in [-0.2, 0) is 5.41 Å². The lowest BCUT2D eigenvalue weighted by Gasteiger charge is -2.13. The summed E-state index contributed by atoms with van der Waals surface area (Å²) in [5.74, 6) is 0.952. The summed E-state index contributed by atoms with van der Waals surface area (Å²) in [6.45, 7) is 9.43. The Labute approximate surface area is 151 Å². The van der Waals surface area contributed by atoms with Crippen LogP contribution in [0.5, 0.6) is 0 Å². The van der Waals surface area contributed by atoms with Crippen molar-refractivity contribution in [1.29, 1.82) is 5.26 Å². The second-order valence-electron chi connectivity index (χ2n) is 6.63. The fourth-order valence-electron chi connectivity index (χ4n) is 2.10. The Morgan fingerprint density at radius 3 is 2.52 bits per heavy atom. The van der Waals surface area contributed by atoms with Crippen LogP contribution in [-0.4, -0.2) is 15.8 Å². The van der Waals surface area contributed by atoms with Gasteiger partial charge in [-0.3, -0.25) is 4.79 Å². The standard InChI is InChI=1S/C18H19ClN4O2/c1-10-6-15(19)23-17(22-10)21-9-12(8-20)16(24)13-7-14(18(3,4)5)25-11(13)2/h6-7,9H,1-5H3,(H,21,22,23)/b12-9-. The van der Waals surface area contributed by atoms with Crippen molar-refractivity contribution in [2.24, 2.45) is 0 Å². The molecule has 7 heteroatoms. The molecule has 2 aromatic rings. The highest BCUT2D eigenvalue weighted by Gasteiger charge is 2.24. The van der Waals surface area contributed by atoms with Crippen molar-refractivity contribution in [1.82, 2.24) is 9.97 Å². The first-order valence-corrected chi connectivity index (χ1v) is 8.03. The number of hydrogen-bond donors (Lipinski definition) is 1. The Hall–Kier alpha value is -2.65. The number of rotatable bonds is 4. The summed E-state index contributed by atoms with van der Waals surface area (Å²) in [6, 6.07) is 5.18. The molecule has 0 aromatic carbocycles. The lowest BCUT2D eigenvalue weighted by molar-refractivity contribution is 0.103. The van der Waals surface area contributed by atoms with Crippen LogP contribution in [0.3, 0.4) is 0 Å². The molecule has 1 N–H and O–H groups in total. The highest BCUT2D eigenvalue weighted by molar-refractivity contribution is 6.29. The molecule has 2 aromatic heterocycles. The van der Waals surface area contributed by atoms with Crippen molar-refractivity contribution >= 4 is 23.3 Å². The third-order valence-corrected chi connectivity index (χ3v) is 3.63. The minimum Gasteiger partial charge on any atom is -0.465 e. The number of aromatic nitrogens is 2. The molecule has 0 saturated heterocycles. The first-order chi connectivity index (χ1) is 11.6. The average Bonchev–Trinajstić information content (AvgIpc) is 2.88. The number of ketones is 1. The van der Waals surface area contributed by atoms with Crippen molar-refractivity contribution in [3.05, 3.63) is 51.8 Å². The number of hydrogen-bond acceptors (Lipinski definition) is 6. The fourth-order valence-corrected chi connectivity index (χ4v) is 2.34. The monoisotopic (exact) mass is 358 g/mol. The van der Waals surface area contributed by atoms with Gasteiger partial charge in [0, 0.05) is 17.3 Å². The van der Waals surface area contributed by atoms with E-state index in [1.807, 2.05) is 26.8 Å². The molecule has 6 nitrogen and oxygen atoms in total. The summed E-state index contributed by atoms with van der Waals surface area (Å²) in [4.78, 5) is 20.8. The van der Waals surface area contributed by atoms with Gasteiger partial charge in [0.25, 0.3) is 0 Å². The van der Waals surface area contributed by atoms with E-state index in [4.69, 9.17) is 16.0 Å². The molecule has 2 rings (SSSR count). The Balaban J connectivity index is 2.30. The largest absolute Gasteiger partial charge is 0.465 e. The van der Waals surface area contributed by atoms with E-state index in [0.29, 0.717) is 22.8 Å². The van der Waals surface area contributed by atoms with Gasteiger partial charge in [0.2, 0.25) is 11.7 Å². The SMILES string of the molecule is Cc1cc(Cl)nc(N/C=C(/C#N)C(=O)c2cc(C(C)(C)C)oc2C)n1. The highest BCUT2D eigenvalue weighted by Crippen LogP contribution is 2.28. The van der Waals surface area contributed by atoms with Crippen LogP contribution >= 0.6 is 11.6 Å². The summed E-state index contributed by atoms with van der Waals surface area (Å²) in [7, 11) is 0. The number of Topliss-reactive ketones (excluding diaryl/α,β-unsaturated/α-hetero) is 1. The van der Waals surface area contributed by atoms with E-state index in [-0.39, 0.29) is 22.1 Å². The van der Waals surface area contributed by atoms with Gasteiger partial charge >= 0.3 is 0 Å². The minimum absolute atomic E-state index is 0.0782. The maximum absolute atomic E-state index is 12.6. The van der Waals surface area contributed by atoms with Crippen molar-refractivity contribution in [2.45, 2.75) is 40.0 Å². The van der Waals surface area contributed by atoms with Gasteiger partial charge in [-0.1, -0.05) is 32.4 Å². The van der Waals surface area contributed by atoms with Crippen LogP contribution in [0, 0.1) is 25.2 Å². The quantitative estimate of drug-likeness (QED) is 0.378. The smallest absolute Gasteiger partial charge is 0.228 e. The molecule has 25 heavy (non-hydrogen) atoms. The van der Waals surface area contributed by atoms with Gasteiger partial charge in [0.05, 0.1) is 5.56 Å². The molecule has 0 atom stereocenters. The summed E-state index contributed by atoms with van der Waals surface area (Å²) >= 11 is 5.87. The van der Waals surface area contributed by atoms with E-state index in [2.05, 4.69) is 15.3 Å². The summed E-state index contributed by atoms with van der Waals surface area (Å²) in [6.07, 6.45) is 1.27. The van der Waals surface area contributed by atoms with Crippen LogP contribution in [0.1, 0.15) is 48.3 Å². The second-order valence-corrected chi connectivity index (χ2v) is 7.02. The number of nitriles is 1. The van der Waals surface area contributed by atoms with Gasteiger partial charge in [0.15, 0.2) is 0 Å². The number of carbonyl (C=O) groups excluding carboxylic acids is 1. The first-order valence-electron chi connectivity index (χ1n) is 7.65. The average molecular weight is 359 g/mol. The van der Waals surface area contributed by atoms with Crippen LogP contribution in [0.4, 0.5) is 5.95 Å². The highest BCUT2D eigenvalue weighted by atomic mass is 35.5. The van der Waals surface area contributed by atoms with E-state index < -0.39 is 5.78 Å². The minimum atomic E-state index is -0.425. The zero-order valence-corrected chi connectivity index (χ0v) is 15.5. The van der Waals surface area contributed by atoms with Gasteiger partial charge < -0.3 is 9.73 Å². The molecular weight excluding hydrogens is 340 g/mol. The summed E-state index contributed by atoms with van der Waals surface area (Å²) < 4.78 is 5.67. The number of halogens is 1. The molecule has 0 aliphatic rings. The zero-order valence-electron chi connectivity index (χ0n) is 14.8. The normalized spacial score (nSPS) is 12.0. The Kier molecular flexibility index (Phi) is 5.29. The van der Waals surface area contributed by atoms with E-state index in [1.54, 1.807) is 26.0 Å². The van der Waals surface area contributed by atoms with Gasteiger partial charge in [-0.2, -0.15) is 5.26 Å². The predicted octanol–water partition coefficient (Wildman–Crippen LogP) is 4.34. The number of nitrogens with one attached hydrogen (secondary N) is 1. The fraction of sp³-hybridized carbons (Fsp3) is 0.333. The van der Waals surface area contributed by atoms with Gasteiger partial charge in [0.1, 0.15) is 28.3 Å². The first kappa shape index (κ1) is 18.7. The molecule has 0 fully saturated rings. The predicted molar refractivity (Wildman–Crippen MR) is 95.6 cm³/mol. The maximum atomic E-state index is 12.6. The van der Waals surface area contributed by atoms with Gasteiger partial charge in [-0.25, -0.2) is 9.97 Å². The molecule has 0 saturated carbocycles. The summed E-state index contributed by atoms with van der Waals surface area (Å²) in [5.41, 5.74) is 0.721. The van der Waals surface area contributed by atoms with Crippen LogP contribution in [0.2, 0.25) is 5.15 Å². The van der Waals surface area contributed by atoms with Crippen LogP contribution in [0.25, 0.3) is 0 Å². The maximum Gasteiger partial charge on any atom is 0.228 e. The molecule has 0 aliphatic carbocycles. The summed E-state index contributed by atoms with van der Waals surface area (Å²) in [5, 5.41) is 12.3. The zero-order chi connectivity index (χ0) is 18.8. The van der Waals surface area contributed by atoms with Crippen LogP contribution in [0.15, 0.2) is 28.3 Å². The van der Waals surface area contributed by atoms with E-state index >= 15 is 0 Å². The van der Waals surface area contributed by atoms with Crippen molar-refractivity contribution < 1.29 is 9.21 Å². The van der Waals surface area contributed by atoms with Crippen molar-refractivity contribution in [2.75, 3.05) is 5.32 Å². The van der Waals surface area contributed by atoms with Crippen molar-refractivity contribution in [3.63, 3.8) is 0 Å². The molecular formula is C18H19ClN4O2. The second kappa shape index (κ2) is 7.08. The molecule has 0 bridgehead atoms. The molecule has 0 amide bonds. The molecule has 0 radical (unpaired) electrons. The molecule has 130 valence electrons. The number of nitrogens with zero attached hydrogens (tertiary/aromatic N) is 3. The number of aryl methyl sites for hydroxylation is 2. The Bertz CT molecular complexity index is 865. The third-order valence-electron chi connectivity index (χ3n) is 3.44. The molecule has 0 unspecified atom stereocenters. The molecule has 0 aliphatic heterocycles.